The Hall–Kier alpha value is -1.70. The number of benzene rings is 1. The summed E-state index contributed by atoms with van der Waals surface area (Å²) >= 11 is 0. The number of carbonyl (C=O) groups is 2. The normalized spacial score (nSPS) is 21.6. The molecule has 6 nitrogen and oxygen atoms in total. The van der Waals surface area contributed by atoms with Gasteiger partial charge in [0, 0.05) is 32.0 Å². The number of halogens is 2. The number of carbonyl (C=O) groups excluding carboxylic acids is 2. The molecule has 1 unspecified atom stereocenters. The van der Waals surface area contributed by atoms with E-state index in [-0.39, 0.29) is 48.3 Å². The van der Waals surface area contributed by atoms with Gasteiger partial charge in [-0.3, -0.25) is 9.59 Å². The van der Waals surface area contributed by atoms with E-state index in [0.717, 1.165) is 25.9 Å². The zero-order chi connectivity index (χ0) is 18.6. The second-order valence-corrected chi connectivity index (χ2v) is 7.26. The third kappa shape index (κ3) is 4.97. The number of hydrogen-bond donors (Lipinski definition) is 2. The molecule has 8 heteroatoms. The predicted octanol–water partition coefficient (Wildman–Crippen LogP) is 1.73. The second-order valence-electron chi connectivity index (χ2n) is 7.26. The molecule has 0 spiro atoms. The Balaban J connectivity index is 0.00000261. The van der Waals surface area contributed by atoms with Crippen molar-refractivity contribution in [3.05, 3.63) is 30.1 Å². The Morgan fingerprint density at radius 3 is 2.74 bits per heavy atom. The third-order valence-corrected chi connectivity index (χ3v) is 5.39. The van der Waals surface area contributed by atoms with Gasteiger partial charge in [-0.15, -0.1) is 12.4 Å². The molecule has 0 aromatic heterocycles. The number of nitrogens with one attached hydrogen (secondary N) is 2. The van der Waals surface area contributed by atoms with Crippen LogP contribution in [0.25, 0.3) is 0 Å². The van der Waals surface area contributed by atoms with E-state index in [9.17, 15) is 14.0 Å². The van der Waals surface area contributed by atoms with Crippen molar-refractivity contribution in [1.29, 1.82) is 0 Å². The lowest BCUT2D eigenvalue weighted by Crippen LogP contribution is -2.48. The molecule has 27 heavy (non-hydrogen) atoms. The van der Waals surface area contributed by atoms with E-state index in [1.807, 2.05) is 0 Å². The van der Waals surface area contributed by atoms with E-state index in [1.54, 1.807) is 25.3 Å². The molecule has 0 aliphatic carbocycles. The molecule has 1 aromatic rings. The largest absolute Gasteiger partial charge is 0.384 e. The molecule has 2 N–H and O–H groups in total. The van der Waals surface area contributed by atoms with Gasteiger partial charge in [0.05, 0.1) is 18.2 Å². The Morgan fingerprint density at radius 2 is 2.07 bits per heavy atom. The monoisotopic (exact) mass is 399 g/mol. The molecule has 1 aromatic carbocycles. The number of nitrogens with zero attached hydrogens (tertiary/aromatic N) is 1. The van der Waals surface area contributed by atoms with Crippen LogP contribution in [0.3, 0.4) is 0 Å². The number of piperidine rings is 1. The highest BCUT2D eigenvalue weighted by Gasteiger charge is 2.38. The minimum Gasteiger partial charge on any atom is -0.384 e. The summed E-state index contributed by atoms with van der Waals surface area (Å²) in [6, 6.07) is 6.15. The first-order chi connectivity index (χ1) is 12.5. The second kappa shape index (κ2) is 9.48. The van der Waals surface area contributed by atoms with Crippen LogP contribution in [0.1, 0.15) is 19.3 Å². The fourth-order valence-electron chi connectivity index (χ4n) is 3.84. The number of rotatable bonds is 6. The molecule has 1 atom stereocenters. The van der Waals surface area contributed by atoms with Gasteiger partial charge in [-0.05, 0) is 38.1 Å². The highest BCUT2D eigenvalue weighted by atomic mass is 35.5. The summed E-state index contributed by atoms with van der Waals surface area (Å²) in [7, 11) is 1.67. The van der Waals surface area contributed by atoms with Crippen LogP contribution >= 0.6 is 12.4 Å². The molecule has 2 heterocycles. The van der Waals surface area contributed by atoms with Gasteiger partial charge in [0.15, 0.2) is 0 Å². The van der Waals surface area contributed by atoms with E-state index < -0.39 is 11.7 Å². The summed E-state index contributed by atoms with van der Waals surface area (Å²) < 4.78 is 19.3. The topological polar surface area (TPSA) is 70.7 Å². The number of ether oxygens (including phenoxy) is 1. The first-order valence-electron chi connectivity index (χ1n) is 9.07. The predicted molar refractivity (Wildman–Crippen MR) is 104 cm³/mol. The van der Waals surface area contributed by atoms with Gasteiger partial charge >= 0.3 is 0 Å². The van der Waals surface area contributed by atoms with E-state index in [0.29, 0.717) is 13.2 Å². The molecule has 2 aliphatic rings. The molecule has 150 valence electrons. The molecule has 2 amide bonds. The first kappa shape index (κ1) is 21.6. The third-order valence-electron chi connectivity index (χ3n) is 5.39. The van der Waals surface area contributed by atoms with Crippen molar-refractivity contribution >= 4 is 29.9 Å². The van der Waals surface area contributed by atoms with Gasteiger partial charge in [0.2, 0.25) is 11.8 Å². The average Bonchev–Trinajstić information content (AvgIpc) is 3.03. The van der Waals surface area contributed by atoms with Crippen LogP contribution in [0.5, 0.6) is 0 Å². The number of anilines is 1. The maximum Gasteiger partial charge on any atom is 0.227 e. The maximum absolute atomic E-state index is 14.0. The number of amides is 2. The van der Waals surface area contributed by atoms with E-state index in [4.69, 9.17) is 4.74 Å². The van der Waals surface area contributed by atoms with Gasteiger partial charge in [-0.2, -0.15) is 0 Å². The maximum atomic E-state index is 14.0. The molecule has 2 fully saturated rings. The number of para-hydroxylation sites is 1. The van der Waals surface area contributed by atoms with Crippen LogP contribution in [0.2, 0.25) is 0 Å². The van der Waals surface area contributed by atoms with Crippen LogP contribution < -0.4 is 15.5 Å². The molecular formula is C19H27ClFN3O3. The molecule has 3 rings (SSSR count). The van der Waals surface area contributed by atoms with Crippen molar-refractivity contribution in [1.82, 2.24) is 10.6 Å². The van der Waals surface area contributed by atoms with Crippen molar-refractivity contribution in [2.75, 3.05) is 44.8 Å². The van der Waals surface area contributed by atoms with Crippen molar-refractivity contribution < 1.29 is 18.7 Å². The summed E-state index contributed by atoms with van der Waals surface area (Å²) in [6.07, 6.45) is 1.98. The minimum absolute atomic E-state index is 0. The first-order valence-corrected chi connectivity index (χ1v) is 9.07. The molecule has 2 aliphatic heterocycles. The van der Waals surface area contributed by atoms with Crippen molar-refractivity contribution in [2.24, 2.45) is 11.3 Å². The fraction of sp³-hybridized carbons (Fsp3) is 0.579. The van der Waals surface area contributed by atoms with Crippen LogP contribution in [0.15, 0.2) is 24.3 Å². The lowest BCUT2D eigenvalue weighted by Gasteiger charge is -2.37. The van der Waals surface area contributed by atoms with Gasteiger partial charge in [0.1, 0.15) is 5.82 Å². The molecule has 0 radical (unpaired) electrons. The SMILES string of the molecule is COCC1(CNC(=O)C2CC(=O)N(c3ccccc3F)C2)CCNCC1.Cl. The average molecular weight is 400 g/mol. The molecular weight excluding hydrogens is 373 g/mol. The minimum atomic E-state index is -0.455. The summed E-state index contributed by atoms with van der Waals surface area (Å²) in [5.41, 5.74) is 0.172. The zero-order valence-electron chi connectivity index (χ0n) is 15.5. The smallest absolute Gasteiger partial charge is 0.227 e. The van der Waals surface area contributed by atoms with Gasteiger partial charge in [-0.1, -0.05) is 12.1 Å². The molecule has 2 saturated heterocycles. The van der Waals surface area contributed by atoms with Crippen molar-refractivity contribution in [2.45, 2.75) is 19.3 Å². The summed E-state index contributed by atoms with van der Waals surface area (Å²) in [5, 5.41) is 6.33. The number of methoxy groups -OCH3 is 1. The molecule has 0 saturated carbocycles. The Kier molecular flexibility index (Phi) is 7.59. The Labute approximate surface area is 165 Å². The van der Waals surface area contributed by atoms with E-state index >= 15 is 0 Å². The summed E-state index contributed by atoms with van der Waals surface area (Å²) in [6.45, 7) is 3.15. The quantitative estimate of drug-likeness (QED) is 0.764. The van der Waals surface area contributed by atoms with Crippen LogP contribution in [0, 0.1) is 17.2 Å². The molecule has 0 bridgehead atoms. The summed E-state index contributed by atoms with van der Waals surface area (Å²) in [4.78, 5) is 26.2. The van der Waals surface area contributed by atoms with Crippen LogP contribution in [-0.2, 0) is 14.3 Å². The highest BCUT2D eigenvalue weighted by molar-refractivity contribution is 6.00. The van der Waals surface area contributed by atoms with E-state index in [1.165, 1.54) is 11.0 Å². The van der Waals surface area contributed by atoms with Gasteiger partial charge in [-0.25, -0.2) is 4.39 Å². The van der Waals surface area contributed by atoms with Crippen molar-refractivity contribution in [3.63, 3.8) is 0 Å². The zero-order valence-corrected chi connectivity index (χ0v) is 16.3. The lowest BCUT2D eigenvalue weighted by atomic mass is 9.79. The standard InChI is InChI=1S/C19H26FN3O3.ClH/c1-26-13-19(6-8-21-9-7-19)12-22-18(25)14-10-17(24)23(11-14)16-5-3-2-4-15(16)20;/h2-5,14,21H,6-13H2,1H3,(H,22,25);1H. The highest BCUT2D eigenvalue weighted by Crippen LogP contribution is 2.30. The summed E-state index contributed by atoms with van der Waals surface area (Å²) in [5.74, 6) is -1.27. The van der Waals surface area contributed by atoms with Crippen LogP contribution in [-0.4, -0.2) is 51.7 Å². The van der Waals surface area contributed by atoms with Gasteiger partial charge < -0.3 is 20.3 Å². The number of hydrogen-bond acceptors (Lipinski definition) is 4. The lowest BCUT2D eigenvalue weighted by molar-refractivity contribution is -0.127. The Bertz CT molecular complexity index is 662. The van der Waals surface area contributed by atoms with Crippen LogP contribution in [0.4, 0.5) is 10.1 Å². The van der Waals surface area contributed by atoms with Crippen molar-refractivity contribution in [3.8, 4) is 0 Å². The Morgan fingerprint density at radius 1 is 1.37 bits per heavy atom. The van der Waals surface area contributed by atoms with E-state index in [2.05, 4.69) is 10.6 Å². The fourth-order valence-corrected chi connectivity index (χ4v) is 3.84. The van der Waals surface area contributed by atoms with Gasteiger partial charge in [0.25, 0.3) is 0 Å².